The first-order chi connectivity index (χ1) is 5.25. The van der Waals surface area contributed by atoms with E-state index in [1.54, 1.807) is 0 Å². The molecule has 64 valence electrons. The third kappa shape index (κ3) is 1.63. The lowest BCUT2D eigenvalue weighted by atomic mass is 9.82. The summed E-state index contributed by atoms with van der Waals surface area (Å²) in [6, 6.07) is 0. The van der Waals surface area contributed by atoms with Crippen molar-refractivity contribution < 1.29 is 0 Å². The number of hydrogen-bond acceptors (Lipinski definition) is 0. The Kier molecular flexibility index (Phi) is 2.27. The Morgan fingerprint density at radius 2 is 1.73 bits per heavy atom. The van der Waals surface area contributed by atoms with E-state index in [0.29, 0.717) is 0 Å². The summed E-state index contributed by atoms with van der Waals surface area (Å²) >= 11 is 3.74. The molecular weight excluding hydrogens is 200 g/mol. The fraction of sp³-hybridized carbons (Fsp3) is 1.00. The highest BCUT2D eigenvalue weighted by atomic mass is 79.9. The molecule has 11 heavy (non-hydrogen) atoms. The van der Waals surface area contributed by atoms with Crippen LogP contribution in [0.25, 0.3) is 0 Å². The lowest BCUT2D eigenvalue weighted by Gasteiger charge is -2.28. The molecular formula is C10H17Br. The summed E-state index contributed by atoms with van der Waals surface area (Å²) in [6.45, 7) is 2.42. The quantitative estimate of drug-likeness (QED) is 0.544. The summed E-state index contributed by atoms with van der Waals surface area (Å²) in [7, 11) is 0. The predicted octanol–water partition coefficient (Wildman–Crippen LogP) is 3.60. The van der Waals surface area contributed by atoms with Crippen LogP contribution in [0.2, 0.25) is 0 Å². The summed E-state index contributed by atoms with van der Waals surface area (Å²) in [5.41, 5.74) is 0. The van der Waals surface area contributed by atoms with E-state index in [0.717, 1.165) is 22.6 Å². The summed E-state index contributed by atoms with van der Waals surface area (Å²) < 4.78 is 0. The van der Waals surface area contributed by atoms with E-state index in [4.69, 9.17) is 0 Å². The minimum Gasteiger partial charge on any atom is -0.0891 e. The number of rotatable bonds is 0. The Labute approximate surface area is 77.9 Å². The van der Waals surface area contributed by atoms with Gasteiger partial charge in [0.25, 0.3) is 0 Å². The van der Waals surface area contributed by atoms with Crippen LogP contribution >= 0.6 is 15.9 Å². The average Bonchev–Trinajstić information content (AvgIpc) is 2.27. The van der Waals surface area contributed by atoms with Gasteiger partial charge < -0.3 is 0 Å². The lowest BCUT2D eigenvalue weighted by molar-refractivity contribution is 0.286. The highest BCUT2D eigenvalue weighted by Crippen LogP contribution is 2.46. The highest BCUT2D eigenvalue weighted by Gasteiger charge is 2.35. The van der Waals surface area contributed by atoms with Gasteiger partial charge in [-0.25, -0.2) is 0 Å². The van der Waals surface area contributed by atoms with Crippen LogP contribution < -0.4 is 0 Å². The smallest absolute Gasteiger partial charge is 0.0148 e. The first-order valence-corrected chi connectivity index (χ1v) is 5.81. The van der Waals surface area contributed by atoms with Crippen molar-refractivity contribution in [3.63, 3.8) is 0 Å². The normalized spacial score (nSPS) is 50.7. The zero-order chi connectivity index (χ0) is 7.84. The molecule has 2 saturated carbocycles. The molecule has 1 heteroatoms. The molecule has 0 bridgehead atoms. The van der Waals surface area contributed by atoms with Gasteiger partial charge in [-0.1, -0.05) is 22.9 Å². The van der Waals surface area contributed by atoms with E-state index in [1.807, 2.05) is 0 Å². The summed E-state index contributed by atoms with van der Waals surface area (Å²) in [4.78, 5) is 0.842. The summed E-state index contributed by atoms with van der Waals surface area (Å²) in [5, 5.41) is 0. The fourth-order valence-corrected chi connectivity index (χ4v) is 3.74. The minimum absolute atomic E-state index is 0.842. The van der Waals surface area contributed by atoms with Crippen molar-refractivity contribution in [2.45, 2.75) is 43.9 Å². The first-order valence-electron chi connectivity index (χ1n) is 4.89. The SMILES string of the molecule is CC1CC2CCC(Br)CC2C1. The van der Waals surface area contributed by atoms with Crippen LogP contribution in [0.3, 0.4) is 0 Å². The molecule has 2 fully saturated rings. The third-order valence-corrected chi connectivity index (χ3v) is 4.32. The van der Waals surface area contributed by atoms with Gasteiger partial charge in [-0.05, 0) is 49.9 Å². The van der Waals surface area contributed by atoms with E-state index < -0.39 is 0 Å². The van der Waals surface area contributed by atoms with Gasteiger partial charge in [0.1, 0.15) is 0 Å². The van der Waals surface area contributed by atoms with E-state index in [2.05, 4.69) is 22.9 Å². The summed E-state index contributed by atoms with van der Waals surface area (Å²) in [6.07, 6.45) is 7.39. The molecule has 0 aliphatic heterocycles. The van der Waals surface area contributed by atoms with E-state index in [9.17, 15) is 0 Å². The summed E-state index contributed by atoms with van der Waals surface area (Å²) in [5.74, 6) is 3.18. The molecule has 2 aliphatic rings. The van der Waals surface area contributed by atoms with Crippen LogP contribution in [0.1, 0.15) is 39.0 Å². The van der Waals surface area contributed by atoms with Crippen molar-refractivity contribution in [3.05, 3.63) is 0 Å². The van der Waals surface area contributed by atoms with Crippen LogP contribution in [0.4, 0.5) is 0 Å². The van der Waals surface area contributed by atoms with Gasteiger partial charge in [-0.3, -0.25) is 0 Å². The van der Waals surface area contributed by atoms with Crippen molar-refractivity contribution in [2.75, 3.05) is 0 Å². The lowest BCUT2D eigenvalue weighted by Crippen LogP contribution is -2.20. The Morgan fingerprint density at radius 3 is 2.55 bits per heavy atom. The number of halogens is 1. The molecule has 4 atom stereocenters. The van der Waals surface area contributed by atoms with Crippen LogP contribution in [0.15, 0.2) is 0 Å². The van der Waals surface area contributed by atoms with Crippen molar-refractivity contribution in [1.82, 2.24) is 0 Å². The van der Waals surface area contributed by atoms with E-state index >= 15 is 0 Å². The highest BCUT2D eigenvalue weighted by molar-refractivity contribution is 9.09. The Balaban J connectivity index is 1.97. The van der Waals surface area contributed by atoms with E-state index in [-0.39, 0.29) is 0 Å². The topological polar surface area (TPSA) is 0 Å². The number of alkyl halides is 1. The first kappa shape index (κ1) is 8.10. The third-order valence-electron chi connectivity index (χ3n) is 3.49. The molecule has 0 N–H and O–H groups in total. The molecule has 2 aliphatic carbocycles. The maximum atomic E-state index is 3.74. The second kappa shape index (κ2) is 3.08. The largest absolute Gasteiger partial charge is 0.0891 e. The Morgan fingerprint density at radius 1 is 1.00 bits per heavy atom. The van der Waals surface area contributed by atoms with Crippen LogP contribution in [0.5, 0.6) is 0 Å². The maximum absolute atomic E-state index is 3.74. The zero-order valence-corrected chi connectivity index (χ0v) is 8.81. The zero-order valence-electron chi connectivity index (χ0n) is 7.22. The van der Waals surface area contributed by atoms with Crippen LogP contribution in [-0.2, 0) is 0 Å². The average molecular weight is 217 g/mol. The monoisotopic (exact) mass is 216 g/mol. The van der Waals surface area contributed by atoms with Crippen molar-refractivity contribution in [2.24, 2.45) is 17.8 Å². The minimum atomic E-state index is 0.842. The molecule has 0 amide bonds. The van der Waals surface area contributed by atoms with Gasteiger partial charge in [0, 0.05) is 4.83 Å². The van der Waals surface area contributed by atoms with Crippen molar-refractivity contribution >= 4 is 15.9 Å². The number of fused-ring (bicyclic) bond motifs is 1. The van der Waals surface area contributed by atoms with Crippen LogP contribution in [-0.4, -0.2) is 4.83 Å². The molecule has 0 aromatic carbocycles. The maximum Gasteiger partial charge on any atom is 0.0148 e. The molecule has 0 nitrogen and oxygen atoms in total. The van der Waals surface area contributed by atoms with Crippen molar-refractivity contribution in [3.8, 4) is 0 Å². The van der Waals surface area contributed by atoms with Gasteiger partial charge in [0.15, 0.2) is 0 Å². The standard InChI is InChI=1S/C10H17Br/c1-7-4-8-2-3-10(11)6-9(8)5-7/h7-10H,2-6H2,1H3. The fourth-order valence-electron chi connectivity index (χ4n) is 3.00. The molecule has 0 spiro atoms. The van der Waals surface area contributed by atoms with E-state index in [1.165, 1.54) is 32.1 Å². The second-order valence-electron chi connectivity index (χ2n) is 4.51. The van der Waals surface area contributed by atoms with Crippen LogP contribution in [0, 0.1) is 17.8 Å². The Bertz CT molecular complexity index is 144. The molecule has 0 heterocycles. The Hall–Kier alpha value is 0.480. The van der Waals surface area contributed by atoms with Gasteiger partial charge in [0.05, 0.1) is 0 Å². The van der Waals surface area contributed by atoms with Gasteiger partial charge in [-0.15, -0.1) is 0 Å². The number of hydrogen-bond donors (Lipinski definition) is 0. The van der Waals surface area contributed by atoms with Gasteiger partial charge in [-0.2, -0.15) is 0 Å². The molecule has 0 saturated heterocycles. The molecule has 0 aromatic heterocycles. The molecule has 2 rings (SSSR count). The molecule has 0 aromatic rings. The molecule has 4 unspecified atom stereocenters. The predicted molar refractivity (Wildman–Crippen MR) is 51.9 cm³/mol. The van der Waals surface area contributed by atoms with Gasteiger partial charge in [0.2, 0.25) is 0 Å². The van der Waals surface area contributed by atoms with Crippen molar-refractivity contribution in [1.29, 1.82) is 0 Å². The van der Waals surface area contributed by atoms with Gasteiger partial charge >= 0.3 is 0 Å². The molecule has 0 radical (unpaired) electrons. The second-order valence-corrected chi connectivity index (χ2v) is 5.80.